The monoisotopic (exact) mass is 433 g/mol. The Hall–Kier alpha value is -2.79. The Balaban J connectivity index is 1.41. The molecule has 2 aromatic carbocycles. The van der Waals surface area contributed by atoms with Crippen molar-refractivity contribution in [2.75, 3.05) is 19.6 Å². The highest BCUT2D eigenvalue weighted by atomic mass is 16.3. The molecule has 1 aliphatic heterocycles. The average molecular weight is 434 g/mol. The number of carbonyl (C=O) groups is 1. The van der Waals surface area contributed by atoms with Gasteiger partial charge in [-0.25, -0.2) is 0 Å². The maximum Gasteiger partial charge on any atom is 0.253 e. The SMILES string of the molecule is Cc1c(C(=O)NC2CCN(CCc3ccccc3)CC2)c2cc(O)ccc2n1CC(C)C. The predicted molar refractivity (Wildman–Crippen MR) is 130 cm³/mol. The normalized spacial score (nSPS) is 15.5. The van der Waals surface area contributed by atoms with Crippen molar-refractivity contribution >= 4 is 16.8 Å². The first-order chi connectivity index (χ1) is 15.4. The van der Waals surface area contributed by atoms with Crippen molar-refractivity contribution in [1.82, 2.24) is 14.8 Å². The van der Waals surface area contributed by atoms with E-state index in [2.05, 4.69) is 59.0 Å². The highest BCUT2D eigenvalue weighted by Crippen LogP contribution is 2.30. The van der Waals surface area contributed by atoms with Crippen LogP contribution in [-0.4, -0.2) is 46.2 Å². The van der Waals surface area contributed by atoms with Gasteiger partial charge in [-0.3, -0.25) is 4.79 Å². The van der Waals surface area contributed by atoms with Crippen LogP contribution in [-0.2, 0) is 13.0 Å². The Labute approximate surface area is 191 Å². The van der Waals surface area contributed by atoms with Gasteiger partial charge in [0.25, 0.3) is 5.91 Å². The van der Waals surface area contributed by atoms with Gasteiger partial charge in [-0.1, -0.05) is 44.2 Å². The number of nitrogens with zero attached hydrogens (tertiary/aromatic N) is 2. The summed E-state index contributed by atoms with van der Waals surface area (Å²) in [6.07, 6.45) is 3.00. The van der Waals surface area contributed by atoms with Crippen molar-refractivity contribution in [2.24, 2.45) is 5.92 Å². The molecule has 0 atom stereocenters. The molecule has 1 fully saturated rings. The Morgan fingerprint density at radius 2 is 1.84 bits per heavy atom. The Morgan fingerprint density at radius 1 is 1.12 bits per heavy atom. The zero-order valence-corrected chi connectivity index (χ0v) is 19.5. The van der Waals surface area contributed by atoms with Crippen LogP contribution in [0.15, 0.2) is 48.5 Å². The maximum absolute atomic E-state index is 13.3. The zero-order valence-electron chi connectivity index (χ0n) is 19.5. The molecule has 0 bridgehead atoms. The van der Waals surface area contributed by atoms with Crippen LogP contribution >= 0.6 is 0 Å². The van der Waals surface area contributed by atoms with Crippen molar-refractivity contribution in [3.05, 3.63) is 65.4 Å². The standard InChI is InChI=1S/C27H35N3O2/c1-19(2)18-30-20(3)26(24-17-23(31)9-10-25(24)30)27(32)28-22-12-15-29(16-13-22)14-11-21-7-5-4-6-8-21/h4-10,17,19,22,31H,11-16,18H2,1-3H3,(H,28,32). The summed E-state index contributed by atoms with van der Waals surface area (Å²) in [6, 6.07) is 16.1. The van der Waals surface area contributed by atoms with Gasteiger partial charge in [-0.05, 0) is 55.9 Å². The number of fused-ring (bicyclic) bond motifs is 1. The second kappa shape index (κ2) is 9.78. The molecular formula is C27H35N3O2. The second-order valence-corrected chi connectivity index (χ2v) is 9.49. The lowest BCUT2D eigenvalue weighted by Gasteiger charge is -2.32. The average Bonchev–Trinajstić information content (AvgIpc) is 3.04. The number of likely N-dealkylation sites (tertiary alicyclic amines) is 1. The summed E-state index contributed by atoms with van der Waals surface area (Å²) >= 11 is 0. The van der Waals surface area contributed by atoms with Crippen LogP contribution in [0.25, 0.3) is 10.9 Å². The number of aromatic hydroxyl groups is 1. The number of phenols is 1. The maximum atomic E-state index is 13.3. The molecule has 5 heteroatoms. The van der Waals surface area contributed by atoms with Gasteiger partial charge in [0.05, 0.1) is 5.56 Å². The van der Waals surface area contributed by atoms with Crippen LogP contribution in [0.5, 0.6) is 5.75 Å². The molecule has 2 N–H and O–H groups in total. The van der Waals surface area contributed by atoms with E-state index in [0.29, 0.717) is 11.5 Å². The smallest absolute Gasteiger partial charge is 0.253 e. The minimum Gasteiger partial charge on any atom is -0.508 e. The van der Waals surface area contributed by atoms with E-state index in [0.717, 1.165) is 62.0 Å². The molecule has 32 heavy (non-hydrogen) atoms. The number of phenolic OH excluding ortho intramolecular Hbond substituents is 1. The molecule has 0 unspecified atom stereocenters. The first-order valence-corrected chi connectivity index (χ1v) is 11.8. The van der Waals surface area contributed by atoms with Crippen LogP contribution in [0.2, 0.25) is 0 Å². The fraction of sp³-hybridized carbons (Fsp3) is 0.444. The lowest BCUT2D eigenvalue weighted by molar-refractivity contribution is 0.0912. The predicted octanol–water partition coefficient (Wildman–Crippen LogP) is 4.75. The third-order valence-corrected chi connectivity index (χ3v) is 6.56. The third-order valence-electron chi connectivity index (χ3n) is 6.56. The Kier molecular flexibility index (Phi) is 6.85. The molecule has 1 aliphatic rings. The number of hydrogen-bond donors (Lipinski definition) is 2. The van der Waals surface area contributed by atoms with Crippen molar-refractivity contribution in [3.63, 3.8) is 0 Å². The number of aromatic nitrogens is 1. The minimum atomic E-state index is -0.0247. The van der Waals surface area contributed by atoms with Crippen molar-refractivity contribution in [3.8, 4) is 5.75 Å². The lowest BCUT2D eigenvalue weighted by atomic mass is 10.0. The van der Waals surface area contributed by atoms with E-state index >= 15 is 0 Å². The minimum absolute atomic E-state index is 0.0247. The van der Waals surface area contributed by atoms with E-state index < -0.39 is 0 Å². The molecular weight excluding hydrogens is 398 g/mol. The van der Waals surface area contributed by atoms with Gasteiger partial charge < -0.3 is 19.9 Å². The van der Waals surface area contributed by atoms with Gasteiger partial charge in [0.1, 0.15) is 5.75 Å². The largest absolute Gasteiger partial charge is 0.508 e. The molecule has 170 valence electrons. The summed E-state index contributed by atoms with van der Waals surface area (Å²) in [4.78, 5) is 15.8. The molecule has 0 saturated carbocycles. The van der Waals surface area contributed by atoms with Crippen LogP contribution in [0.4, 0.5) is 0 Å². The van der Waals surface area contributed by atoms with Gasteiger partial charge in [0.15, 0.2) is 0 Å². The van der Waals surface area contributed by atoms with Crippen LogP contribution in [0.3, 0.4) is 0 Å². The highest BCUT2D eigenvalue weighted by molar-refractivity contribution is 6.08. The fourth-order valence-corrected chi connectivity index (χ4v) is 4.85. The summed E-state index contributed by atoms with van der Waals surface area (Å²) in [5.74, 6) is 0.637. The van der Waals surface area contributed by atoms with E-state index in [1.165, 1.54) is 5.56 Å². The summed E-state index contributed by atoms with van der Waals surface area (Å²) in [7, 11) is 0. The molecule has 2 heterocycles. The van der Waals surface area contributed by atoms with E-state index in [1.54, 1.807) is 12.1 Å². The van der Waals surface area contributed by atoms with Crippen molar-refractivity contribution in [2.45, 2.75) is 52.6 Å². The quantitative estimate of drug-likeness (QED) is 0.565. The van der Waals surface area contributed by atoms with Gasteiger partial charge >= 0.3 is 0 Å². The van der Waals surface area contributed by atoms with Crippen LogP contribution in [0, 0.1) is 12.8 Å². The number of rotatable bonds is 7. The van der Waals surface area contributed by atoms with E-state index in [-0.39, 0.29) is 17.7 Å². The first-order valence-electron chi connectivity index (χ1n) is 11.8. The first kappa shape index (κ1) is 22.4. The Morgan fingerprint density at radius 3 is 2.53 bits per heavy atom. The number of benzene rings is 2. The molecule has 1 saturated heterocycles. The molecule has 0 spiro atoms. The molecule has 3 aromatic rings. The molecule has 5 nitrogen and oxygen atoms in total. The highest BCUT2D eigenvalue weighted by Gasteiger charge is 2.25. The summed E-state index contributed by atoms with van der Waals surface area (Å²) in [5.41, 5.74) is 4.05. The lowest BCUT2D eigenvalue weighted by Crippen LogP contribution is -2.45. The summed E-state index contributed by atoms with van der Waals surface area (Å²) in [6.45, 7) is 10.3. The second-order valence-electron chi connectivity index (χ2n) is 9.49. The summed E-state index contributed by atoms with van der Waals surface area (Å²) in [5, 5.41) is 14.2. The zero-order chi connectivity index (χ0) is 22.7. The molecule has 0 aliphatic carbocycles. The van der Waals surface area contributed by atoms with Crippen LogP contribution < -0.4 is 5.32 Å². The summed E-state index contributed by atoms with van der Waals surface area (Å²) < 4.78 is 2.21. The third kappa shape index (κ3) is 4.99. The van der Waals surface area contributed by atoms with Gasteiger partial charge in [-0.15, -0.1) is 0 Å². The molecule has 4 rings (SSSR count). The van der Waals surface area contributed by atoms with Gasteiger partial charge in [0.2, 0.25) is 0 Å². The molecule has 1 amide bonds. The number of carbonyl (C=O) groups excluding carboxylic acids is 1. The van der Waals surface area contributed by atoms with Gasteiger partial charge in [0, 0.05) is 48.8 Å². The number of piperidine rings is 1. The van der Waals surface area contributed by atoms with Crippen molar-refractivity contribution < 1.29 is 9.90 Å². The van der Waals surface area contributed by atoms with Crippen LogP contribution in [0.1, 0.15) is 48.3 Å². The van der Waals surface area contributed by atoms with Crippen molar-refractivity contribution in [1.29, 1.82) is 0 Å². The fourth-order valence-electron chi connectivity index (χ4n) is 4.85. The number of amides is 1. The topological polar surface area (TPSA) is 57.5 Å². The van der Waals surface area contributed by atoms with E-state index in [4.69, 9.17) is 0 Å². The van der Waals surface area contributed by atoms with Gasteiger partial charge in [-0.2, -0.15) is 0 Å². The molecule has 1 aromatic heterocycles. The number of hydrogen-bond acceptors (Lipinski definition) is 3. The van der Waals surface area contributed by atoms with E-state index in [9.17, 15) is 9.90 Å². The molecule has 0 radical (unpaired) electrons. The number of nitrogens with one attached hydrogen (secondary N) is 1. The Bertz CT molecular complexity index is 1060. The van der Waals surface area contributed by atoms with E-state index in [1.807, 2.05) is 13.0 Å².